The first-order valence-electron chi connectivity index (χ1n) is 29.9. The van der Waals surface area contributed by atoms with Crippen LogP contribution in [0.15, 0.2) is 340 Å². The largest absolute Gasteiger partial charge is 0.309 e. The lowest BCUT2D eigenvalue weighted by atomic mass is 9.67. The molecule has 2 nitrogen and oxygen atoms in total. The SMILES string of the molecule is c1ccc(C2(c3ccccc3)c3ccccc3-c3ccc(N(c4ccccc4-c4ccc(-c5ccc6c7ccccc7n(-c7ccc8c(c7)C(c7ccccc7)(c7ccccc7)c7ccccc7-8)c6c5)cc4)c4cccc5ccccc45)cc32)cc1. The highest BCUT2D eigenvalue weighted by Gasteiger charge is 2.48. The maximum atomic E-state index is 2.50. The molecule has 0 fully saturated rings. The summed E-state index contributed by atoms with van der Waals surface area (Å²) in [5.74, 6) is 0. The van der Waals surface area contributed by atoms with Gasteiger partial charge in [0.25, 0.3) is 0 Å². The number of rotatable bonds is 10. The lowest BCUT2D eigenvalue weighted by Gasteiger charge is -2.35. The van der Waals surface area contributed by atoms with Crippen LogP contribution in [0.2, 0.25) is 0 Å². The molecular formula is C84H56N2. The Morgan fingerprint density at radius 1 is 0.244 bits per heavy atom. The Morgan fingerprint density at radius 2 is 0.686 bits per heavy atom. The molecule has 0 saturated heterocycles. The van der Waals surface area contributed by atoms with Gasteiger partial charge in [-0.1, -0.05) is 291 Å². The Hall–Kier alpha value is -11.1. The van der Waals surface area contributed by atoms with Gasteiger partial charge in [0.15, 0.2) is 0 Å². The molecule has 0 N–H and O–H groups in total. The number of aromatic nitrogens is 1. The van der Waals surface area contributed by atoms with Crippen LogP contribution in [0.25, 0.3) is 82.8 Å². The minimum absolute atomic E-state index is 0.509. The molecule has 2 heteroatoms. The Kier molecular flexibility index (Phi) is 11.4. The fourth-order valence-electron chi connectivity index (χ4n) is 15.1. The van der Waals surface area contributed by atoms with Crippen molar-refractivity contribution in [1.29, 1.82) is 0 Å². The summed E-state index contributed by atoms with van der Waals surface area (Å²) in [6, 6.07) is 126. The van der Waals surface area contributed by atoms with Crippen LogP contribution < -0.4 is 4.90 Å². The van der Waals surface area contributed by atoms with Gasteiger partial charge in [0.1, 0.15) is 0 Å². The van der Waals surface area contributed by atoms with E-state index in [1.165, 1.54) is 99.3 Å². The zero-order valence-electron chi connectivity index (χ0n) is 47.2. The van der Waals surface area contributed by atoms with E-state index in [4.69, 9.17) is 0 Å². The van der Waals surface area contributed by atoms with Gasteiger partial charge in [0.05, 0.1) is 33.2 Å². The highest BCUT2D eigenvalue weighted by atomic mass is 15.1. The van der Waals surface area contributed by atoms with Crippen LogP contribution in [0.4, 0.5) is 17.1 Å². The molecule has 15 aromatic rings. The zero-order valence-corrected chi connectivity index (χ0v) is 47.2. The molecule has 0 aliphatic heterocycles. The predicted molar refractivity (Wildman–Crippen MR) is 358 cm³/mol. The number of anilines is 3. The van der Waals surface area contributed by atoms with Gasteiger partial charge >= 0.3 is 0 Å². The third-order valence-corrected chi connectivity index (χ3v) is 18.8. The van der Waals surface area contributed by atoms with E-state index in [-0.39, 0.29) is 0 Å². The molecule has 402 valence electrons. The Bertz CT molecular complexity index is 5010. The number of hydrogen-bond acceptors (Lipinski definition) is 1. The van der Waals surface area contributed by atoms with E-state index < -0.39 is 10.8 Å². The summed E-state index contributed by atoms with van der Waals surface area (Å²) in [5.41, 5.74) is 25.6. The van der Waals surface area contributed by atoms with E-state index in [0.717, 1.165) is 45.0 Å². The zero-order chi connectivity index (χ0) is 56.8. The quantitative estimate of drug-likeness (QED) is 0.132. The Morgan fingerprint density at radius 3 is 1.31 bits per heavy atom. The first-order chi connectivity index (χ1) is 42.7. The third-order valence-electron chi connectivity index (χ3n) is 18.8. The molecule has 2 aliphatic carbocycles. The maximum absolute atomic E-state index is 2.50. The molecule has 86 heavy (non-hydrogen) atoms. The van der Waals surface area contributed by atoms with Gasteiger partial charge in [-0.3, -0.25) is 0 Å². The second-order valence-corrected chi connectivity index (χ2v) is 23.0. The van der Waals surface area contributed by atoms with Crippen molar-refractivity contribution in [1.82, 2.24) is 4.57 Å². The van der Waals surface area contributed by atoms with Gasteiger partial charge in [0.2, 0.25) is 0 Å². The summed E-state index contributed by atoms with van der Waals surface area (Å²) in [7, 11) is 0. The molecule has 1 aromatic heterocycles. The molecular weight excluding hydrogens is 1040 g/mol. The third kappa shape index (κ3) is 7.33. The van der Waals surface area contributed by atoms with E-state index >= 15 is 0 Å². The van der Waals surface area contributed by atoms with Crippen molar-refractivity contribution in [2.24, 2.45) is 0 Å². The van der Waals surface area contributed by atoms with Gasteiger partial charge in [-0.25, -0.2) is 0 Å². The summed E-state index contributed by atoms with van der Waals surface area (Å²) in [6.07, 6.45) is 0. The highest BCUT2D eigenvalue weighted by Crippen LogP contribution is 2.59. The molecule has 0 atom stereocenters. The van der Waals surface area contributed by atoms with Crippen molar-refractivity contribution < 1.29 is 0 Å². The standard InChI is InChI=1S/C84H56N2/c1-5-26-61(27-6-1)83(62-28-7-2-8-29-62)75-39-19-15-36-69(75)71-52-49-65(55-77(71)83)85(80-43-23-25-58-24-13-14-34-67(58)80)79-41-21-17-35-68(79)59-46-44-57(45-47-59)60-48-51-74-73-38-18-22-42-81(73)86(82(74)54-60)66-50-53-72-70-37-16-20-40-76(70)84(78(72)56-66,63-30-9-3-10-31-63)64-32-11-4-12-33-64/h1-56H. The van der Waals surface area contributed by atoms with Gasteiger partial charge in [0, 0.05) is 33.1 Å². The number of benzene rings is 14. The maximum Gasteiger partial charge on any atom is 0.0714 e. The van der Waals surface area contributed by atoms with E-state index in [1.54, 1.807) is 0 Å². The van der Waals surface area contributed by atoms with Crippen molar-refractivity contribution in [3.8, 4) is 50.2 Å². The van der Waals surface area contributed by atoms with Crippen molar-refractivity contribution in [2.45, 2.75) is 10.8 Å². The van der Waals surface area contributed by atoms with Gasteiger partial charge < -0.3 is 9.47 Å². The van der Waals surface area contributed by atoms with E-state index in [9.17, 15) is 0 Å². The minimum Gasteiger partial charge on any atom is -0.309 e. The van der Waals surface area contributed by atoms with Gasteiger partial charge in [-0.15, -0.1) is 0 Å². The normalized spacial score (nSPS) is 13.3. The average molecular weight is 1090 g/mol. The molecule has 14 aromatic carbocycles. The lowest BCUT2D eigenvalue weighted by Crippen LogP contribution is -2.28. The number of hydrogen-bond donors (Lipinski definition) is 0. The average Bonchev–Trinajstić information content (AvgIpc) is 1.70. The lowest BCUT2D eigenvalue weighted by molar-refractivity contribution is 0.767. The van der Waals surface area contributed by atoms with Crippen molar-refractivity contribution in [3.63, 3.8) is 0 Å². The predicted octanol–water partition coefficient (Wildman–Crippen LogP) is 21.5. The molecule has 2 aliphatic rings. The van der Waals surface area contributed by atoms with Crippen LogP contribution in [-0.4, -0.2) is 4.57 Å². The number of fused-ring (bicyclic) bond motifs is 10. The summed E-state index contributed by atoms with van der Waals surface area (Å²) >= 11 is 0. The second kappa shape index (κ2) is 19.8. The van der Waals surface area contributed by atoms with Crippen LogP contribution >= 0.6 is 0 Å². The van der Waals surface area contributed by atoms with Crippen LogP contribution in [0.5, 0.6) is 0 Å². The van der Waals surface area contributed by atoms with Gasteiger partial charge in [-0.2, -0.15) is 0 Å². The van der Waals surface area contributed by atoms with Crippen LogP contribution in [0, 0.1) is 0 Å². The second-order valence-electron chi connectivity index (χ2n) is 23.0. The van der Waals surface area contributed by atoms with Gasteiger partial charge in [-0.05, 0) is 137 Å². The summed E-state index contributed by atoms with van der Waals surface area (Å²) in [4.78, 5) is 2.50. The molecule has 0 amide bonds. The van der Waals surface area contributed by atoms with Crippen LogP contribution in [0.3, 0.4) is 0 Å². The Labute approximate surface area is 501 Å². The minimum atomic E-state index is -0.550. The Balaban J connectivity index is 0.807. The van der Waals surface area contributed by atoms with E-state index in [0.29, 0.717) is 0 Å². The van der Waals surface area contributed by atoms with Crippen molar-refractivity contribution in [3.05, 3.63) is 384 Å². The highest BCUT2D eigenvalue weighted by molar-refractivity contribution is 6.10. The van der Waals surface area contributed by atoms with Crippen LogP contribution in [0.1, 0.15) is 44.5 Å². The number of para-hydroxylation sites is 2. The summed E-state index contributed by atoms with van der Waals surface area (Å²) in [5, 5.41) is 4.84. The van der Waals surface area contributed by atoms with E-state index in [1.807, 2.05) is 0 Å². The molecule has 1 heterocycles. The first-order valence-corrected chi connectivity index (χ1v) is 29.9. The fourth-order valence-corrected chi connectivity index (χ4v) is 15.1. The smallest absolute Gasteiger partial charge is 0.0714 e. The van der Waals surface area contributed by atoms with Crippen molar-refractivity contribution in [2.75, 3.05) is 4.90 Å². The topological polar surface area (TPSA) is 8.17 Å². The van der Waals surface area contributed by atoms with Crippen LogP contribution in [-0.2, 0) is 10.8 Å². The summed E-state index contributed by atoms with van der Waals surface area (Å²) in [6.45, 7) is 0. The monoisotopic (exact) mass is 1090 g/mol. The molecule has 0 bridgehead atoms. The molecule has 0 unspecified atom stereocenters. The molecule has 0 saturated carbocycles. The molecule has 0 spiro atoms. The molecule has 0 radical (unpaired) electrons. The first kappa shape index (κ1) is 49.5. The van der Waals surface area contributed by atoms with E-state index in [2.05, 4.69) is 349 Å². The number of nitrogens with zero attached hydrogens (tertiary/aromatic N) is 2. The summed E-state index contributed by atoms with van der Waals surface area (Å²) < 4.78 is 2.49. The molecule has 17 rings (SSSR count). The fraction of sp³-hybridized carbons (Fsp3) is 0.0238. The van der Waals surface area contributed by atoms with Crippen molar-refractivity contribution >= 4 is 49.6 Å².